The number of halogens is 1. The van der Waals surface area contributed by atoms with Crippen molar-refractivity contribution in [3.63, 3.8) is 0 Å². The van der Waals surface area contributed by atoms with E-state index >= 15 is 0 Å². The summed E-state index contributed by atoms with van der Waals surface area (Å²) in [5.41, 5.74) is 0.245. The van der Waals surface area contributed by atoms with Crippen LogP contribution in [0.25, 0.3) is 0 Å². The highest BCUT2D eigenvalue weighted by molar-refractivity contribution is 9.09. The van der Waals surface area contributed by atoms with Gasteiger partial charge in [-0.1, -0.05) is 29.8 Å². The second-order valence-electron chi connectivity index (χ2n) is 4.22. The first-order chi connectivity index (χ1) is 7.93. The molecule has 1 aromatic rings. The Kier molecular flexibility index (Phi) is 4.81. The topological polar surface area (TPSA) is 69.6 Å². The van der Waals surface area contributed by atoms with E-state index in [1.807, 2.05) is 13.8 Å². The molecule has 0 aliphatic carbocycles. The standard InChI is InChI=1S/C12H16BrNO3/c1-7(2)11(6-13)14-12(17)8-3-9(15)5-10(16)4-8/h3-5,7,11,15-16H,6H2,1-2H3,(H,14,17). The molecule has 4 nitrogen and oxygen atoms in total. The van der Waals surface area contributed by atoms with Crippen LogP contribution in [0.5, 0.6) is 11.5 Å². The van der Waals surface area contributed by atoms with Crippen LogP contribution in [0.3, 0.4) is 0 Å². The molecule has 94 valence electrons. The van der Waals surface area contributed by atoms with Crippen molar-refractivity contribution in [3.8, 4) is 11.5 Å². The van der Waals surface area contributed by atoms with Crippen molar-refractivity contribution >= 4 is 21.8 Å². The summed E-state index contributed by atoms with van der Waals surface area (Å²) in [5, 5.41) is 22.1. The molecule has 1 amide bonds. The van der Waals surface area contributed by atoms with Crippen molar-refractivity contribution in [1.29, 1.82) is 0 Å². The molecule has 1 aromatic carbocycles. The number of carbonyl (C=O) groups excluding carboxylic acids is 1. The maximum absolute atomic E-state index is 11.9. The van der Waals surface area contributed by atoms with Gasteiger partial charge in [0.05, 0.1) is 0 Å². The van der Waals surface area contributed by atoms with E-state index in [2.05, 4.69) is 21.2 Å². The van der Waals surface area contributed by atoms with E-state index in [1.54, 1.807) is 0 Å². The van der Waals surface area contributed by atoms with E-state index in [-0.39, 0.29) is 29.0 Å². The molecule has 0 saturated heterocycles. The Morgan fingerprint density at radius 3 is 2.24 bits per heavy atom. The van der Waals surface area contributed by atoms with Crippen molar-refractivity contribution in [2.75, 3.05) is 5.33 Å². The summed E-state index contributed by atoms with van der Waals surface area (Å²) < 4.78 is 0. The van der Waals surface area contributed by atoms with Gasteiger partial charge in [0.15, 0.2) is 0 Å². The van der Waals surface area contributed by atoms with Gasteiger partial charge in [0, 0.05) is 23.0 Å². The minimum atomic E-state index is -0.311. The molecule has 1 rings (SSSR count). The van der Waals surface area contributed by atoms with E-state index in [4.69, 9.17) is 0 Å². The van der Waals surface area contributed by atoms with Crippen molar-refractivity contribution in [3.05, 3.63) is 23.8 Å². The van der Waals surface area contributed by atoms with Gasteiger partial charge >= 0.3 is 0 Å². The molecule has 0 bridgehead atoms. The average molecular weight is 302 g/mol. The number of phenols is 2. The van der Waals surface area contributed by atoms with E-state index in [0.717, 1.165) is 0 Å². The molecule has 0 aromatic heterocycles. The summed E-state index contributed by atoms with van der Waals surface area (Å²) in [6.07, 6.45) is 0. The van der Waals surface area contributed by atoms with Crippen LogP contribution in [0.1, 0.15) is 24.2 Å². The Bertz CT molecular complexity index is 386. The largest absolute Gasteiger partial charge is 0.508 e. The molecular weight excluding hydrogens is 286 g/mol. The smallest absolute Gasteiger partial charge is 0.251 e. The van der Waals surface area contributed by atoms with Crippen molar-refractivity contribution in [2.24, 2.45) is 5.92 Å². The van der Waals surface area contributed by atoms with E-state index < -0.39 is 0 Å². The maximum Gasteiger partial charge on any atom is 0.251 e. The Morgan fingerprint density at radius 1 is 1.29 bits per heavy atom. The average Bonchev–Trinajstić information content (AvgIpc) is 2.23. The van der Waals surface area contributed by atoms with Crippen LogP contribution in [0.2, 0.25) is 0 Å². The molecule has 1 unspecified atom stereocenters. The fraction of sp³-hybridized carbons (Fsp3) is 0.417. The summed E-state index contributed by atoms with van der Waals surface area (Å²) in [5.74, 6) is -0.274. The lowest BCUT2D eigenvalue weighted by Gasteiger charge is -2.20. The number of carbonyl (C=O) groups is 1. The van der Waals surface area contributed by atoms with Gasteiger partial charge in [-0.05, 0) is 18.1 Å². The molecule has 0 fully saturated rings. The van der Waals surface area contributed by atoms with Crippen molar-refractivity contribution in [2.45, 2.75) is 19.9 Å². The number of alkyl halides is 1. The third-order valence-corrected chi connectivity index (χ3v) is 3.15. The second kappa shape index (κ2) is 5.91. The third kappa shape index (κ3) is 3.93. The first-order valence-electron chi connectivity index (χ1n) is 5.34. The molecule has 0 saturated carbocycles. The summed E-state index contributed by atoms with van der Waals surface area (Å²) in [6, 6.07) is 3.83. The predicted molar refractivity (Wildman–Crippen MR) is 69.7 cm³/mol. The molecule has 0 heterocycles. The van der Waals surface area contributed by atoms with Gasteiger partial charge in [0.25, 0.3) is 5.91 Å². The predicted octanol–water partition coefficient (Wildman–Crippen LogP) is 2.25. The van der Waals surface area contributed by atoms with E-state index in [0.29, 0.717) is 11.2 Å². The van der Waals surface area contributed by atoms with Crippen LogP contribution in [-0.2, 0) is 0 Å². The first-order valence-corrected chi connectivity index (χ1v) is 6.46. The highest BCUT2D eigenvalue weighted by Crippen LogP contribution is 2.20. The molecule has 0 radical (unpaired) electrons. The second-order valence-corrected chi connectivity index (χ2v) is 4.86. The fourth-order valence-electron chi connectivity index (χ4n) is 1.36. The van der Waals surface area contributed by atoms with E-state index in [1.165, 1.54) is 18.2 Å². The third-order valence-electron chi connectivity index (χ3n) is 2.45. The number of aromatic hydroxyl groups is 2. The minimum absolute atomic E-state index is 0.00647. The fourth-order valence-corrected chi connectivity index (χ4v) is 2.27. The minimum Gasteiger partial charge on any atom is -0.508 e. The number of nitrogens with one attached hydrogen (secondary N) is 1. The van der Waals surface area contributed by atoms with Crippen LogP contribution in [0.4, 0.5) is 0 Å². The summed E-state index contributed by atoms with van der Waals surface area (Å²) in [4.78, 5) is 11.9. The zero-order chi connectivity index (χ0) is 13.0. The number of phenolic OH excluding ortho intramolecular Hbond substituents is 2. The zero-order valence-electron chi connectivity index (χ0n) is 9.77. The van der Waals surface area contributed by atoms with Gasteiger partial charge in [-0.2, -0.15) is 0 Å². The van der Waals surface area contributed by atoms with Crippen LogP contribution in [0.15, 0.2) is 18.2 Å². The Labute approximate surface area is 109 Å². The summed E-state index contributed by atoms with van der Waals surface area (Å²) in [7, 11) is 0. The van der Waals surface area contributed by atoms with Crippen LogP contribution in [-0.4, -0.2) is 27.5 Å². The number of hydrogen-bond donors (Lipinski definition) is 3. The Hall–Kier alpha value is -1.23. The Balaban J connectivity index is 2.82. The van der Waals surface area contributed by atoms with Gasteiger partial charge in [-0.15, -0.1) is 0 Å². The van der Waals surface area contributed by atoms with Crippen LogP contribution >= 0.6 is 15.9 Å². The maximum atomic E-state index is 11.9. The van der Waals surface area contributed by atoms with Gasteiger partial charge in [-0.25, -0.2) is 0 Å². The number of benzene rings is 1. The highest BCUT2D eigenvalue weighted by Gasteiger charge is 2.16. The normalized spacial score (nSPS) is 12.5. The molecule has 17 heavy (non-hydrogen) atoms. The zero-order valence-corrected chi connectivity index (χ0v) is 11.4. The molecule has 5 heteroatoms. The lowest BCUT2D eigenvalue weighted by molar-refractivity contribution is 0.0931. The molecule has 0 spiro atoms. The van der Waals surface area contributed by atoms with Crippen LogP contribution in [0, 0.1) is 5.92 Å². The van der Waals surface area contributed by atoms with Gasteiger partial charge in [0.2, 0.25) is 0 Å². The molecular formula is C12H16BrNO3. The lowest BCUT2D eigenvalue weighted by Crippen LogP contribution is -2.39. The number of amides is 1. The highest BCUT2D eigenvalue weighted by atomic mass is 79.9. The van der Waals surface area contributed by atoms with Gasteiger partial charge in [0.1, 0.15) is 11.5 Å². The molecule has 0 aliphatic rings. The van der Waals surface area contributed by atoms with Crippen molar-refractivity contribution in [1.82, 2.24) is 5.32 Å². The summed E-state index contributed by atoms with van der Waals surface area (Å²) >= 11 is 3.33. The lowest BCUT2D eigenvalue weighted by atomic mass is 10.1. The van der Waals surface area contributed by atoms with Crippen LogP contribution < -0.4 is 5.32 Å². The van der Waals surface area contributed by atoms with Gasteiger partial charge < -0.3 is 15.5 Å². The van der Waals surface area contributed by atoms with E-state index in [9.17, 15) is 15.0 Å². The number of rotatable bonds is 4. The van der Waals surface area contributed by atoms with Crippen molar-refractivity contribution < 1.29 is 15.0 Å². The summed E-state index contributed by atoms with van der Waals surface area (Å²) in [6.45, 7) is 4.01. The Morgan fingerprint density at radius 2 is 1.82 bits per heavy atom. The SMILES string of the molecule is CC(C)C(CBr)NC(=O)c1cc(O)cc(O)c1. The quantitative estimate of drug-likeness (QED) is 0.747. The molecule has 3 N–H and O–H groups in total. The monoisotopic (exact) mass is 301 g/mol. The molecule has 0 aliphatic heterocycles. The number of hydrogen-bond acceptors (Lipinski definition) is 3. The van der Waals surface area contributed by atoms with Gasteiger partial charge in [-0.3, -0.25) is 4.79 Å². The molecule has 1 atom stereocenters. The first kappa shape index (κ1) is 13.8.